The van der Waals surface area contributed by atoms with E-state index in [0.717, 1.165) is 5.56 Å². The van der Waals surface area contributed by atoms with Crippen LogP contribution in [0.15, 0.2) is 54.6 Å². The summed E-state index contributed by atoms with van der Waals surface area (Å²) in [6.45, 7) is 2.14. The van der Waals surface area contributed by atoms with Gasteiger partial charge in [-0.15, -0.1) is 0 Å². The summed E-state index contributed by atoms with van der Waals surface area (Å²) < 4.78 is 10.7. The van der Waals surface area contributed by atoms with Crippen LogP contribution in [-0.2, 0) is 16.1 Å². The molecule has 0 aliphatic rings. The number of anilines is 1. The van der Waals surface area contributed by atoms with Crippen molar-refractivity contribution in [3.05, 3.63) is 60.2 Å². The van der Waals surface area contributed by atoms with E-state index in [1.807, 2.05) is 48.5 Å². The number of rotatable bonds is 6. The highest BCUT2D eigenvalue weighted by atomic mass is 16.5. The maximum Gasteiger partial charge on any atom is 0.253 e. The average molecular weight is 285 g/mol. The molecule has 0 heterocycles. The molecule has 2 aromatic carbocycles. The third-order valence-electron chi connectivity index (χ3n) is 3.05. The molecule has 110 valence electrons. The third-order valence-corrected chi connectivity index (χ3v) is 3.05. The van der Waals surface area contributed by atoms with Gasteiger partial charge in [-0.1, -0.05) is 36.4 Å². The summed E-state index contributed by atoms with van der Waals surface area (Å²) in [6, 6.07) is 17.0. The quantitative estimate of drug-likeness (QED) is 0.886. The Morgan fingerprint density at radius 1 is 1.14 bits per heavy atom. The van der Waals surface area contributed by atoms with Crippen molar-refractivity contribution in [2.75, 3.05) is 12.4 Å². The first-order valence-electron chi connectivity index (χ1n) is 6.79. The van der Waals surface area contributed by atoms with Gasteiger partial charge in [0, 0.05) is 11.8 Å². The van der Waals surface area contributed by atoms with Crippen molar-refractivity contribution in [2.24, 2.45) is 0 Å². The Balaban J connectivity index is 1.87. The highest BCUT2D eigenvalue weighted by Gasteiger charge is 2.13. The second-order valence-electron chi connectivity index (χ2n) is 4.66. The number of hydrogen-bond donors (Lipinski definition) is 1. The summed E-state index contributed by atoms with van der Waals surface area (Å²) in [4.78, 5) is 12.1. The molecule has 1 amide bonds. The standard InChI is InChI=1S/C17H19NO3/c1-13(21-12-14-7-4-3-5-8-14)17(19)18-15-9-6-10-16(11-15)20-2/h3-11,13H,12H2,1-2H3,(H,18,19). The molecule has 4 nitrogen and oxygen atoms in total. The summed E-state index contributed by atoms with van der Waals surface area (Å²) in [7, 11) is 1.59. The van der Waals surface area contributed by atoms with Crippen LogP contribution in [0.2, 0.25) is 0 Å². The van der Waals surface area contributed by atoms with E-state index >= 15 is 0 Å². The monoisotopic (exact) mass is 285 g/mol. The topological polar surface area (TPSA) is 47.6 Å². The van der Waals surface area contributed by atoms with Crippen LogP contribution in [0.25, 0.3) is 0 Å². The van der Waals surface area contributed by atoms with Gasteiger partial charge in [-0.2, -0.15) is 0 Å². The highest BCUT2D eigenvalue weighted by molar-refractivity contribution is 5.94. The molecule has 0 bridgehead atoms. The SMILES string of the molecule is COc1cccc(NC(=O)C(C)OCc2ccccc2)c1. The van der Waals surface area contributed by atoms with E-state index in [1.54, 1.807) is 20.1 Å². The van der Waals surface area contributed by atoms with Crippen LogP contribution in [0.3, 0.4) is 0 Å². The summed E-state index contributed by atoms with van der Waals surface area (Å²) in [5, 5.41) is 2.81. The molecule has 0 saturated carbocycles. The molecule has 0 aliphatic heterocycles. The van der Waals surface area contributed by atoms with Gasteiger partial charge >= 0.3 is 0 Å². The summed E-state index contributed by atoms with van der Waals surface area (Å²) in [5.74, 6) is 0.518. The van der Waals surface area contributed by atoms with Gasteiger partial charge in [0.15, 0.2) is 0 Å². The van der Waals surface area contributed by atoms with Crippen molar-refractivity contribution in [3.63, 3.8) is 0 Å². The lowest BCUT2D eigenvalue weighted by Gasteiger charge is -2.14. The Hall–Kier alpha value is -2.33. The van der Waals surface area contributed by atoms with E-state index in [-0.39, 0.29) is 5.91 Å². The number of nitrogens with one attached hydrogen (secondary N) is 1. The Labute approximate surface area is 124 Å². The molecular formula is C17H19NO3. The highest BCUT2D eigenvalue weighted by Crippen LogP contribution is 2.17. The van der Waals surface area contributed by atoms with Gasteiger partial charge in [-0.25, -0.2) is 0 Å². The molecule has 1 atom stereocenters. The van der Waals surface area contributed by atoms with Crippen LogP contribution in [0.4, 0.5) is 5.69 Å². The van der Waals surface area contributed by atoms with Gasteiger partial charge in [0.05, 0.1) is 13.7 Å². The van der Waals surface area contributed by atoms with Gasteiger partial charge in [0.2, 0.25) is 0 Å². The number of carbonyl (C=O) groups excluding carboxylic acids is 1. The van der Waals surface area contributed by atoms with Gasteiger partial charge in [0.1, 0.15) is 11.9 Å². The minimum atomic E-state index is -0.531. The number of amides is 1. The zero-order valence-corrected chi connectivity index (χ0v) is 12.2. The van der Waals surface area contributed by atoms with Crippen LogP contribution >= 0.6 is 0 Å². The summed E-state index contributed by atoms with van der Waals surface area (Å²) in [5.41, 5.74) is 1.73. The lowest BCUT2D eigenvalue weighted by atomic mass is 10.2. The van der Waals surface area contributed by atoms with Crippen LogP contribution in [0, 0.1) is 0 Å². The molecule has 0 fully saturated rings. The molecular weight excluding hydrogens is 266 g/mol. The largest absolute Gasteiger partial charge is 0.497 e. The fourth-order valence-corrected chi connectivity index (χ4v) is 1.82. The van der Waals surface area contributed by atoms with E-state index in [2.05, 4.69) is 5.32 Å². The Morgan fingerprint density at radius 2 is 1.90 bits per heavy atom. The normalized spacial score (nSPS) is 11.7. The van der Waals surface area contributed by atoms with Crippen molar-refractivity contribution >= 4 is 11.6 Å². The van der Waals surface area contributed by atoms with Crippen molar-refractivity contribution in [1.82, 2.24) is 0 Å². The van der Waals surface area contributed by atoms with Crippen molar-refractivity contribution < 1.29 is 14.3 Å². The van der Waals surface area contributed by atoms with E-state index in [4.69, 9.17) is 9.47 Å². The number of ether oxygens (including phenoxy) is 2. The van der Waals surface area contributed by atoms with E-state index in [1.165, 1.54) is 0 Å². The Morgan fingerprint density at radius 3 is 2.62 bits per heavy atom. The first kappa shape index (κ1) is 15.1. The third kappa shape index (κ3) is 4.61. The molecule has 4 heteroatoms. The number of methoxy groups -OCH3 is 1. The fourth-order valence-electron chi connectivity index (χ4n) is 1.82. The van der Waals surface area contributed by atoms with Gasteiger partial charge in [0.25, 0.3) is 5.91 Å². The zero-order valence-electron chi connectivity index (χ0n) is 12.2. The first-order valence-corrected chi connectivity index (χ1v) is 6.79. The molecule has 0 saturated heterocycles. The minimum absolute atomic E-state index is 0.181. The number of carbonyl (C=O) groups is 1. The van der Waals surface area contributed by atoms with Gasteiger partial charge < -0.3 is 14.8 Å². The molecule has 1 N–H and O–H groups in total. The van der Waals surface area contributed by atoms with Crippen molar-refractivity contribution in [2.45, 2.75) is 19.6 Å². The number of benzene rings is 2. The van der Waals surface area contributed by atoms with Gasteiger partial charge in [-0.05, 0) is 24.6 Å². The lowest BCUT2D eigenvalue weighted by Crippen LogP contribution is -2.27. The first-order chi connectivity index (χ1) is 10.2. The number of hydrogen-bond acceptors (Lipinski definition) is 3. The predicted molar refractivity (Wildman–Crippen MR) is 82.3 cm³/mol. The van der Waals surface area contributed by atoms with Crippen molar-refractivity contribution in [3.8, 4) is 5.75 Å². The Bertz CT molecular complexity index is 584. The molecule has 21 heavy (non-hydrogen) atoms. The molecule has 0 aliphatic carbocycles. The Kier molecular flexibility index (Phi) is 5.35. The second-order valence-corrected chi connectivity index (χ2v) is 4.66. The van der Waals surface area contributed by atoms with Crippen LogP contribution < -0.4 is 10.1 Å². The molecule has 1 unspecified atom stereocenters. The van der Waals surface area contributed by atoms with Crippen LogP contribution in [0.1, 0.15) is 12.5 Å². The molecule has 2 rings (SSSR count). The van der Waals surface area contributed by atoms with E-state index < -0.39 is 6.10 Å². The smallest absolute Gasteiger partial charge is 0.253 e. The fraction of sp³-hybridized carbons (Fsp3) is 0.235. The molecule has 0 spiro atoms. The molecule has 0 aromatic heterocycles. The maximum atomic E-state index is 12.1. The van der Waals surface area contributed by atoms with Crippen LogP contribution in [0.5, 0.6) is 5.75 Å². The lowest BCUT2D eigenvalue weighted by molar-refractivity contribution is -0.127. The van der Waals surface area contributed by atoms with Crippen LogP contribution in [-0.4, -0.2) is 19.1 Å². The predicted octanol–water partition coefficient (Wildman–Crippen LogP) is 3.24. The second kappa shape index (κ2) is 7.45. The van der Waals surface area contributed by atoms with Crippen molar-refractivity contribution in [1.29, 1.82) is 0 Å². The average Bonchev–Trinajstić information content (AvgIpc) is 2.53. The van der Waals surface area contributed by atoms with E-state index in [0.29, 0.717) is 18.0 Å². The molecule has 0 radical (unpaired) electrons. The van der Waals surface area contributed by atoms with Gasteiger partial charge in [-0.3, -0.25) is 4.79 Å². The maximum absolute atomic E-state index is 12.1. The summed E-state index contributed by atoms with van der Waals surface area (Å²) >= 11 is 0. The zero-order chi connectivity index (χ0) is 15.1. The summed E-state index contributed by atoms with van der Waals surface area (Å²) in [6.07, 6.45) is -0.531. The molecule has 2 aromatic rings. The van der Waals surface area contributed by atoms with E-state index in [9.17, 15) is 4.79 Å². The minimum Gasteiger partial charge on any atom is -0.497 e.